The van der Waals surface area contributed by atoms with E-state index >= 15 is 0 Å². The van der Waals surface area contributed by atoms with Gasteiger partial charge in [-0.3, -0.25) is 9.59 Å². The molecule has 1 fully saturated rings. The van der Waals surface area contributed by atoms with Gasteiger partial charge in [0.15, 0.2) is 8.32 Å². The molecule has 1 saturated heterocycles. The van der Waals surface area contributed by atoms with Gasteiger partial charge >= 0.3 is 11.9 Å². The normalized spacial score (nSPS) is 20.4. The minimum absolute atomic E-state index is 0.239. The number of piperazine rings is 1. The lowest BCUT2D eigenvalue weighted by Crippen LogP contribution is -2.56. The maximum absolute atomic E-state index is 10.8. The number of aliphatic carboxylic acids is 2. The molecule has 2 atom stereocenters. The first-order valence-electron chi connectivity index (χ1n) is 12.5. The number of rotatable bonds is 16. The molecule has 2 unspecified atom stereocenters. The smallest absolute Gasteiger partial charge is 0.303 e. The number of nitrogens with one attached hydrogen (secondary N) is 1. The van der Waals surface area contributed by atoms with Crippen LogP contribution in [0.2, 0.25) is 18.1 Å². The van der Waals surface area contributed by atoms with Gasteiger partial charge in [0.25, 0.3) is 0 Å². The molecule has 0 radical (unpaired) electrons. The van der Waals surface area contributed by atoms with Crippen LogP contribution in [0.3, 0.4) is 0 Å². The highest BCUT2D eigenvalue weighted by Gasteiger charge is 2.36. The molecule has 0 spiro atoms. The fourth-order valence-electron chi connectivity index (χ4n) is 3.98. The Morgan fingerprint density at radius 3 is 1.84 bits per heavy atom. The minimum atomic E-state index is -1.68. The Morgan fingerprint density at radius 1 is 0.906 bits per heavy atom. The third-order valence-corrected chi connectivity index (χ3v) is 11.5. The van der Waals surface area contributed by atoms with Gasteiger partial charge in [-0.25, -0.2) is 0 Å². The lowest BCUT2D eigenvalue weighted by molar-refractivity contribution is -0.138. The van der Waals surface area contributed by atoms with Gasteiger partial charge < -0.3 is 24.9 Å². The number of nitrogens with zero attached hydrogens (tertiary/aromatic N) is 1. The molecule has 3 N–H and O–H groups in total. The van der Waals surface area contributed by atoms with Gasteiger partial charge in [-0.2, -0.15) is 0 Å². The first kappa shape index (κ1) is 29.1. The van der Waals surface area contributed by atoms with E-state index in [1.807, 2.05) is 0 Å². The second kappa shape index (κ2) is 14.3. The summed E-state index contributed by atoms with van der Waals surface area (Å²) in [4.78, 5) is 24.1. The van der Waals surface area contributed by atoms with Gasteiger partial charge in [-0.15, -0.1) is 0 Å². The number of carbonyl (C=O) groups is 2. The van der Waals surface area contributed by atoms with Crippen LogP contribution in [0.1, 0.15) is 85.0 Å². The van der Waals surface area contributed by atoms with Crippen LogP contribution in [0.5, 0.6) is 0 Å². The second-order valence-electron chi connectivity index (χ2n) is 10.9. The van der Waals surface area contributed by atoms with E-state index in [0.29, 0.717) is 12.1 Å². The molecule has 0 aromatic rings. The Kier molecular flexibility index (Phi) is 13.0. The van der Waals surface area contributed by atoms with Crippen molar-refractivity contribution in [2.24, 2.45) is 0 Å². The van der Waals surface area contributed by atoms with E-state index < -0.39 is 20.3 Å². The van der Waals surface area contributed by atoms with Crippen molar-refractivity contribution in [1.29, 1.82) is 0 Å². The van der Waals surface area contributed by atoms with Crippen molar-refractivity contribution in [2.45, 2.75) is 115 Å². The molecule has 1 aliphatic rings. The average Bonchev–Trinajstić information content (AvgIpc) is 2.67. The molecule has 188 valence electrons. The predicted octanol–water partition coefficient (Wildman–Crippen LogP) is 4.72. The molecule has 7 nitrogen and oxygen atoms in total. The monoisotopic (exact) mass is 472 g/mol. The van der Waals surface area contributed by atoms with Gasteiger partial charge in [0.1, 0.15) is 0 Å². The maximum Gasteiger partial charge on any atom is 0.303 e. The fourth-order valence-corrected chi connectivity index (χ4v) is 5.07. The molecule has 8 heteroatoms. The summed E-state index contributed by atoms with van der Waals surface area (Å²) in [5.41, 5.74) is 0. The molecule has 1 rings (SSSR count). The van der Waals surface area contributed by atoms with Crippen molar-refractivity contribution in [2.75, 3.05) is 26.2 Å². The number of hydrogen-bond donors (Lipinski definition) is 3. The van der Waals surface area contributed by atoms with Crippen LogP contribution >= 0.6 is 0 Å². The third-order valence-electron chi connectivity index (χ3n) is 6.95. The van der Waals surface area contributed by atoms with Crippen molar-refractivity contribution < 1.29 is 24.2 Å². The zero-order chi connectivity index (χ0) is 24.2. The first-order valence-corrected chi connectivity index (χ1v) is 15.4. The van der Waals surface area contributed by atoms with Crippen molar-refractivity contribution >= 4 is 20.3 Å². The first-order chi connectivity index (χ1) is 14.9. The Bertz CT molecular complexity index is 535. The zero-order valence-electron chi connectivity index (χ0n) is 21.1. The van der Waals surface area contributed by atoms with Gasteiger partial charge in [-0.05, 0) is 63.2 Å². The van der Waals surface area contributed by atoms with Crippen molar-refractivity contribution in [3.8, 4) is 0 Å². The molecular weight excluding hydrogens is 424 g/mol. The third kappa shape index (κ3) is 12.3. The largest absolute Gasteiger partial charge is 0.481 e. The van der Waals surface area contributed by atoms with Gasteiger partial charge in [0.2, 0.25) is 0 Å². The summed E-state index contributed by atoms with van der Waals surface area (Å²) in [6.45, 7) is 15.3. The van der Waals surface area contributed by atoms with Crippen LogP contribution in [0.15, 0.2) is 0 Å². The molecule has 0 saturated carbocycles. The molecule has 0 amide bonds. The van der Waals surface area contributed by atoms with Crippen molar-refractivity contribution in [3.05, 3.63) is 0 Å². The maximum atomic E-state index is 10.8. The second-order valence-corrected chi connectivity index (χ2v) is 15.7. The van der Waals surface area contributed by atoms with Gasteiger partial charge in [0.05, 0.1) is 0 Å². The highest BCUT2D eigenvalue weighted by molar-refractivity contribution is 6.74. The van der Waals surface area contributed by atoms with Crippen LogP contribution in [0.4, 0.5) is 0 Å². The molecule has 0 bridgehead atoms. The van der Waals surface area contributed by atoms with Gasteiger partial charge in [0, 0.05) is 44.6 Å². The van der Waals surface area contributed by atoms with E-state index in [1.54, 1.807) is 0 Å². The summed E-state index contributed by atoms with van der Waals surface area (Å²) in [6, 6.07) is 0.760. The standard InChI is InChI=1S/C24H48N2O5Si/c1-24(2,3)32(4,5)31-17-11-10-16-26-18-20(12-6-8-14-22(27)28)25-21(19-26)13-7-9-15-23(29)30/h20-21,25H,6-19H2,1-5H3,(H,27,28)(H,29,30). The lowest BCUT2D eigenvalue weighted by atomic mass is 9.99. The van der Waals surface area contributed by atoms with Crippen LogP contribution in [-0.4, -0.2) is 73.7 Å². The minimum Gasteiger partial charge on any atom is -0.481 e. The summed E-state index contributed by atoms with van der Waals surface area (Å²) in [6.07, 6.45) is 7.94. The number of carboxylic acids is 2. The highest BCUT2D eigenvalue weighted by atomic mass is 28.4. The van der Waals surface area contributed by atoms with Crippen LogP contribution in [0, 0.1) is 0 Å². The molecule has 0 aromatic carbocycles. The fraction of sp³-hybridized carbons (Fsp3) is 0.917. The lowest BCUT2D eigenvalue weighted by Gasteiger charge is -2.39. The number of hydrogen-bond acceptors (Lipinski definition) is 5. The molecule has 0 aromatic heterocycles. The highest BCUT2D eigenvalue weighted by Crippen LogP contribution is 2.36. The van der Waals surface area contributed by atoms with Crippen LogP contribution in [-0.2, 0) is 14.0 Å². The van der Waals surface area contributed by atoms with E-state index in [-0.39, 0.29) is 17.9 Å². The molecule has 0 aliphatic carbocycles. The molecule has 1 aliphatic heterocycles. The molecular formula is C24H48N2O5Si. The van der Waals surface area contributed by atoms with E-state index in [9.17, 15) is 9.59 Å². The molecule has 1 heterocycles. The quantitative estimate of drug-likeness (QED) is 0.221. The van der Waals surface area contributed by atoms with E-state index in [4.69, 9.17) is 14.6 Å². The van der Waals surface area contributed by atoms with E-state index in [0.717, 1.165) is 77.6 Å². The summed E-state index contributed by atoms with van der Waals surface area (Å²) < 4.78 is 6.31. The number of unbranched alkanes of at least 4 members (excludes halogenated alkanes) is 3. The SMILES string of the molecule is CC(C)(C)[Si](C)(C)OCCCCN1CC(CCCCC(=O)O)NC(CCCCC(=O)O)C1. The number of carboxylic acid groups (broad SMARTS) is 2. The Hall–Kier alpha value is -0.963. The Labute approximate surface area is 196 Å². The van der Waals surface area contributed by atoms with E-state index in [1.165, 1.54) is 0 Å². The van der Waals surface area contributed by atoms with Crippen molar-refractivity contribution in [3.63, 3.8) is 0 Å². The Balaban J connectivity index is 2.44. The summed E-state index contributed by atoms with van der Waals surface area (Å²) in [5, 5.41) is 21.7. The molecule has 32 heavy (non-hydrogen) atoms. The van der Waals surface area contributed by atoms with Crippen LogP contribution < -0.4 is 5.32 Å². The average molecular weight is 473 g/mol. The van der Waals surface area contributed by atoms with Crippen LogP contribution in [0.25, 0.3) is 0 Å². The zero-order valence-corrected chi connectivity index (χ0v) is 22.1. The summed E-state index contributed by atoms with van der Waals surface area (Å²) in [7, 11) is -1.68. The summed E-state index contributed by atoms with van der Waals surface area (Å²) >= 11 is 0. The Morgan fingerprint density at radius 2 is 1.41 bits per heavy atom. The summed E-state index contributed by atoms with van der Waals surface area (Å²) in [5.74, 6) is -1.45. The van der Waals surface area contributed by atoms with E-state index in [2.05, 4.69) is 44.1 Å². The predicted molar refractivity (Wildman–Crippen MR) is 132 cm³/mol. The van der Waals surface area contributed by atoms with Crippen molar-refractivity contribution in [1.82, 2.24) is 10.2 Å². The van der Waals surface area contributed by atoms with Gasteiger partial charge in [-0.1, -0.05) is 33.6 Å². The topological polar surface area (TPSA) is 99.1 Å².